The summed E-state index contributed by atoms with van der Waals surface area (Å²) in [5, 5.41) is 3.25. The average molecular weight is 283 g/mol. The second-order valence-corrected chi connectivity index (χ2v) is 5.49. The first-order valence-electron chi connectivity index (χ1n) is 7.44. The highest BCUT2D eigenvalue weighted by Gasteiger charge is 2.13. The highest BCUT2D eigenvalue weighted by Crippen LogP contribution is 2.21. The highest BCUT2D eigenvalue weighted by molar-refractivity contribution is 5.58. The Balaban J connectivity index is 1.81. The fourth-order valence-electron chi connectivity index (χ4n) is 2.59. The first-order valence-corrected chi connectivity index (χ1v) is 7.44. The molecule has 0 atom stereocenters. The molecule has 21 heavy (non-hydrogen) atoms. The molecule has 1 fully saturated rings. The maximum Gasteiger partial charge on any atom is 0.229 e. The number of hydrogen-bond donors (Lipinski definition) is 2. The van der Waals surface area contributed by atoms with Crippen molar-refractivity contribution in [3.05, 3.63) is 36.0 Å². The van der Waals surface area contributed by atoms with Crippen LogP contribution in [0.1, 0.15) is 25.0 Å². The Morgan fingerprint density at radius 2 is 1.76 bits per heavy atom. The molecule has 1 aromatic carbocycles. The lowest BCUT2D eigenvalue weighted by atomic mass is 10.1. The summed E-state index contributed by atoms with van der Waals surface area (Å²) < 4.78 is 0. The first-order chi connectivity index (χ1) is 10.2. The minimum absolute atomic E-state index is 0.639. The van der Waals surface area contributed by atoms with Gasteiger partial charge in [-0.05, 0) is 50.5 Å². The van der Waals surface area contributed by atoms with E-state index in [-0.39, 0.29) is 0 Å². The van der Waals surface area contributed by atoms with E-state index in [9.17, 15) is 0 Å². The molecule has 5 nitrogen and oxygen atoms in total. The molecule has 2 aromatic rings. The van der Waals surface area contributed by atoms with Crippen LogP contribution >= 0.6 is 0 Å². The van der Waals surface area contributed by atoms with Gasteiger partial charge < -0.3 is 16.0 Å². The number of nitrogens with two attached hydrogens (primary N) is 1. The van der Waals surface area contributed by atoms with E-state index in [1.807, 2.05) is 31.2 Å². The van der Waals surface area contributed by atoms with Crippen molar-refractivity contribution in [2.24, 2.45) is 0 Å². The zero-order valence-electron chi connectivity index (χ0n) is 12.3. The van der Waals surface area contributed by atoms with E-state index in [4.69, 9.17) is 5.73 Å². The first kappa shape index (κ1) is 13.7. The monoisotopic (exact) mass is 283 g/mol. The Hall–Kier alpha value is -2.30. The molecule has 0 radical (unpaired) electrons. The smallest absolute Gasteiger partial charge is 0.229 e. The van der Waals surface area contributed by atoms with E-state index in [1.165, 1.54) is 19.3 Å². The summed E-state index contributed by atoms with van der Waals surface area (Å²) in [4.78, 5) is 11.5. The summed E-state index contributed by atoms with van der Waals surface area (Å²) in [5.41, 5.74) is 8.37. The van der Waals surface area contributed by atoms with Gasteiger partial charge in [-0.15, -0.1) is 0 Å². The van der Waals surface area contributed by atoms with Crippen LogP contribution in [-0.4, -0.2) is 23.1 Å². The Labute approximate surface area is 125 Å². The summed E-state index contributed by atoms with van der Waals surface area (Å²) in [6.45, 7) is 4.17. The second kappa shape index (κ2) is 5.99. The van der Waals surface area contributed by atoms with Crippen LogP contribution in [0.2, 0.25) is 0 Å². The lowest BCUT2D eigenvalue weighted by molar-refractivity contribution is 0.573. The fourth-order valence-corrected chi connectivity index (χ4v) is 2.59. The van der Waals surface area contributed by atoms with E-state index in [0.29, 0.717) is 5.95 Å². The summed E-state index contributed by atoms with van der Waals surface area (Å²) in [6.07, 6.45) is 3.80. The van der Waals surface area contributed by atoms with Gasteiger partial charge in [-0.1, -0.05) is 0 Å². The molecule has 0 bridgehead atoms. The Kier molecular flexibility index (Phi) is 3.90. The average Bonchev–Trinajstić information content (AvgIpc) is 2.50. The van der Waals surface area contributed by atoms with Gasteiger partial charge in [0.15, 0.2) is 0 Å². The second-order valence-electron chi connectivity index (χ2n) is 5.49. The normalized spacial score (nSPS) is 15.0. The van der Waals surface area contributed by atoms with Crippen LogP contribution in [0, 0.1) is 6.92 Å². The Morgan fingerprint density at radius 3 is 2.48 bits per heavy atom. The number of nitrogens with zero attached hydrogens (tertiary/aromatic N) is 3. The number of rotatable bonds is 3. The molecule has 110 valence electrons. The quantitative estimate of drug-likeness (QED) is 0.847. The number of nitrogen functional groups attached to an aromatic ring is 1. The van der Waals surface area contributed by atoms with Crippen LogP contribution in [0.25, 0.3) is 0 Å². The van der Waals surface area contributed by atoms with Crippen LogP contribution in [-0.2, 0) is 0 Å². The number of nitrogens with one attached hydrogen (secondary N) is 1. The molecule has 0 aliphatic carbocycles. The van der Waals surface area contributed by atoms with E-state index in [0.717, 1.165) is 36.0 Å². The van der Waals surface area contributed by atoms with Gasteiger partial charge >= 0.3 is 0 Å². The minimum atomic E-state index is 0.639. The lowest BCUT2D eigenvalue weighted by Gasteiger charge is -2.28. The maximum absolute atomic E-state index is 5.70. The third-order valence-electron chi connectivity index (χ3n) is 3.69. The van der Waals surface area contributed by atoms with Crippen molar-refractivity contribution in [3.8, 4) is 0 Å². The maximum atomic E-state index is 5.70. The van der Waals surface area contributed by atoms with Crippen LogP contribution in [0.15, 0.2) is 30.3 Å². The van der Waals surface area contributed by atoms with Gasteiger partial charge in [-0.25, -0.2) is 4.98 Å². The molecule has 3 N–H and O–H groups in total. The fraction of sp³-hybridized carbons (Fsp3) is 0.375. The van der Waals surface area contributed by atoms with Crippen LogP contribution in [0.3, 0.4) is 0 Å². The predicted octanol–water partition coefficient (Wildman–Crippen LogP) is 3.10. The highest BCUT2D eigenvalue weighted by atomic mass is 15.2. The van der Waals surface area contributed by atoms with Gasteiger partial charge in [-0.2, -0.15) is 4.98 Å². The molecule has 0 unspecified atom stereocenters. The van der Waals surface area contributed by atoms with Crippen molar-refractivity contribution in [1.29, 1.82) is 0 Å². The van der Waals surface area contributed by atoms with E-state index in [2.05, 4.69) is 26.3 Å². The van der Waals surface area contributed by atoms with Crippen molar-refractivity contribution in [1.82, 2.24) is 9.97 Å². The van der Waals surface area contributed by atoms with Gasteiger partial charge in [0, 0.05) is 36.2 Å². The molecule has 1 aliphatic rings. The van der Waals surface area contributed by atoms with Gasteiger partial charge in [0.1, 0.15) is 5.82 Å². The van der Waals surface area contributed by atoms with Crippen molar-refractivity contribution in [2.75, 3.05) is 29.0 Å². The van der Waals surface area contributed by atoms with Gasteiger partial charge in [0.2, 0.25) is 5.95 Å². The summed E-state index contributed by atoms with van der Waals surface area (Å²) in [6, 6.07) is 9.65. The van der Waals surface area contributed by atoms with Crippen molar-refractivity contribution >= 4 is 23.1 Å². The molecule has 5 heteroatoms. The Morgan fingerprint density at radius 1 is 1.05 bits per heavy atom. The van der Waals surface area contributed by atoms with Crippen LogP contribution in [0.5, 0.6) is 0 Å². The van der Waals surface area contributed by atoms with Gasteiger partial charge in [0.25, 0.3) is 0 Å². The van der Waals surface area contributed by atoms with Gasteiger partial charge in [0.05, 0.1) is 0 Å². The predicted molar refractivity (Wildman–Crippen MR) is 87.0 cm³/mol. The number of aryl methyl sites for hydroxylation is 1. The van der Waals surface area contributed by atoms with E-state index >= 15 is 0 Å². The lowest BCUT2D eigenvalue weighted by Crippen LogP contribution is -2.30. The van der Waals surface area contributed by atoms with Crippen LogP contribution < -0.4 is 16.0 Å². The zero-order valence-corrected chi connectivity index (χ0v) is 12.3. The number of aromatic nitrogens is 2. The third kappa shape index (κ3) is 3.42. The third-order valence-corrected chi connectivity index (χ3v) is 3.69. The molecule has 1 aliphatic heterocycles. The standard InChI is InChI=1S/C16H21N5/c1-12-11-15(21-9-3-2-4-10-21)20-16(18-12)19-14-7-5-13(17)6-8-14/h5-8,11H,2-4,9-10,17H2,1H3,(H,18,19,20). The number of piperidine rings is 1. The number of hydrogen-bond acceptors (Lipinski definition) is 5. The number of anilines is 4. The zero-order chi connectivity index (χ0) is 14.7. The summed E-state index contributed by atoms with van der Waals surface area (Å²) in [5.74, 6) is 1.65. The molecule has 2 heterocycles. The molecule has 0 spiro atoms. The largest absolute Gasteiger partial charge is 0.399 e. The van der Waals surface area contributed by atoms with Crippen molar-refractivity contribution < 1.29 is 0 Å². The van der Waals surface area contributed by atoms with Crippen LogP contribution in [0.4, 0.5) is 23.1 Å². The molecule has 1 saturated heterocycles. The molecular formula is C16H21N5. The molecular weight excluding hydrogens is 262 g/mol. The van der Waals surface area contributed by atoms with E-state index < -0.39 is 0 Å². The number of benzene rings is 1. The van der Waals surface area contributed by atoms with Crippen molar-refractivity contribution in [2.45, 2.75) is 26.2 Å². The van der Waals surface area contributed by atoms with E-state index in [1.54, 1.807) is 0 Å². The minimum Gasteiger partial charge on any atom is -0.399 e. The molecule has 0 amide bonds. The molecule has 1 aromatic heterocycles. The topological polar surface area (TPSA) is 67.1 Å². The SMILES string of the molecule is Cc1cc(N2CCCCC2)nc(Nc2ccc(N)cc2)n1. The van der Waals surface area contributed by atoms with Crippen molar-refractivity contribution in [3.63, 3.8) is 0 Å². The molecule has 0 saturated carbocycles. The summed E-state index contributed by atoms with van der Waals surface area (Å²) >= 11 is 0. The summed E-state index contributed by atoms with van der Waals surface area (Å²) in [7, 11) is 0. The Bertz CT molecular complexity index is 603. The molecule has 3 rings (SSSR count). The van der Waals surface area contributed by atoms with Gasteiger partial charge in [-0.3, -0.25) is 0 Å².